The van der Waals surface area contributed by atoms with Gasteiger partial charge in [0.1, 0.15) is 0 Å². The van der Waals surface area contributed by atoms with Gasteiger partial charge in [-0.25, -0.2) is 0 Å². The first-order valence-corrected chi connectivity index (χ1v) is 10.9. The molecule has 0 atom stereocenters. The summed E-state index contributed by atoms with van der Waals surface area (Å²) in [5, 5.41) is 5.39. The minimum absolute atomic E-state index is 0.156. The zero-order valence-electron chi connectivity index (χ0n) is 19.4. The summed E-state index contributed by atoms with van der Waals surface area (Å²) in [7, 11) is 0. The van der Waals surface area contributed by atoms with Gasteiger partial charge in [0.05, 0.1) is 12.1 Å². The van der Waals surface area contributed by atoms with Crippen molar-refractivity contribution in [1.82, 2.24) is 15.2 Å². The van der Waals surface area contributed by atoms with E-state index in [1.807, 2.05) is 19.9 Å². The predicted octanol–water partition coefficient (Wildman–Crippen LogP) is 3.36. The molecule has 0 spiro atoms. The normalized spacial score (nSPS) is 10.8. The maximum Gasteiger partial charge on any atom is 0.253 e. The van der Waals surface area contributed by atoms with Crippen LogP contribution in [-0.2, 0) is 11.3 Å². The highest BCUT2D eigenvalue weighted by Gasteiger charge is 2.17. The monoisotopic (exact) mass is 446 g/mol. The molecule has 172 valence electrons. The molecular formula is C26H30N4O3. The number of benzene rings is 2. The number of carbonyl (C=O) groups excluding carboxylic acids is 3. The summed E-state index contributed by atoms with van der Waals surface area (Å²) >= 11 is 0. The molecule has 3 amide bonds. The first kappa shape index (κ1) is 23.8. The van der Waals surface area contributed by atoms with Crippen molar-refractivity contribution in [1.29, 1.82) is 0 Å². The van der Waals surface area contributed by atoms with Crippen molar-refractivity contribution in [2.45, 2.75) is 40.2 Å². The third-order valence-corrected chi connectivity index (χ3v) is 5.59. The highest BCUT2D eigenvalue weighted by molar-refractivity contribution is 5.97. The fourth-order valence-corrected chi connectivity index (χ4v) is 3.72. The van der Waals surface area contributed by atoms with Gasteiger partial charge in [0.15, 0.2) is 0 Å². The molecule has 7 nitrogen and oxygen atoms in total. The number of amides is 3. The number of nitrogens with one attached hydrogen (secondary N) is 2. The van der Waals surface area contributed by atoms with Crippen molar-refractivity contribution in [3.05, 3.63) is 88.2 Å². The number of nitrogens with two attached hydrogens (primary N) is 1. The van der Waals surface area contributed by atoms with Gasteiger partial charge < -0.3 is 20.9 Å². The van der Waals surface area contributed by atoms with E-state index in [-0.39, 0.29) is 18.4 Å². The number of carbonyl (C=O) groups is 3. The molecule has 0 aliphatic carbocycles. The van der Waals surface area contributed by atoms with E-state index in [1.165, 1.54) is 5.56 Å². The van der Waals surface area contributed by atoms with Gasteiger partial charge in [0.2, 0.25) is 5.91 Å². The lowest BCUT2D eigenvalue weighted by molar-refractivity contribution is -0.117. The minimum atomic E-state index is -0.602. The maximum atomic E-state index is 12.9. The molecule has 0 radical (unpaired) electrons. The SMILES string of the molecule is Cc1cc(C(=O)NCc2ccc(C(=O)NCC(N)=O)cc2)c(C)n1-c1ccc(C(C)C)cc1. The number of hydrogen-bond donors (Lipinski definition) is 3. The summed E-state index contributed by atoms with van der Waals surface area (Å²) in [6, 6.07) is 17.1. The van der Waals surface area contributed by atoms with E-state index in [0.29, 0.717) is 23.6 Å². The molecule has 0 saturated carbocycles. The molecule has 0 aliphatic heterocycles. The van der Waals surface area contributed by atoms with E-state index in [4.69, 9.17) is 5.73 Å². The van der Waals surface area contributed by atoms with Crippen molar-refractivity contribution < 1.29 is 14.4 Å². The third-order valence-electron chi connectivity index (χ3n) is 5.59. The molecular weight excluding hydrogens is 416 g/mol. The summed E-state index contributed by atoms with van der Waals surface area (Å²) in [6.45, 7) is 8.37. The Labute approximate surface area is 194 Å². The van der Waals surface area contributed by atoms with E-state index in [2.05, 4.69) is 53.3 Å². The van der Waals surface area contributed by atoms with Gasteiger partial charge in [-0.1, -0.05) is 38.1 Å². The van der Waals surface area contributed by atoms with Crippen LogP contribution in [0.2, 0.25) is 0 Å². The predicted molar refractivity (Wildman–Crippen MR) is 128 cm³/mol. The number of hydrogen-bond acceptors (Lipinski definition) is 3. The molecule has 4 N–H and O–H groups in total. The first-order chi connectivity index (χ1) is 15.7. The van der Waals surface area contributed by atoms with E-state index >= 15 is 0 Å². The highest BCUT2D eigenvalue weighted by atomic mass is 16.2. The van der Waals surface area contributed by atoms with Crippen LogP contribution in [0.3, 0.4) is 0 Å². The molecule has 0 fully saturated rings. The summed E-state index contributed by atoms with van der Waals surface area (Å²) in [4.78, 5) is 35.6. The summed E-state index contributed by atoms with van der Waals surface area (Å²) in [5.41, 5.74) is 11.1. The van der Waals surface area contributed by atoms with Gasteiger partial charge in [-0.2, -0.15) is 0 Å². The summed E-state index contributed by atoms with van der Waals surface area (Å²) < 4.78 is 2.08. The fourth-order valence-electron chi connectivity index (χ4n) is 3.72. The molecule has 3 aromatic rings. The van der Waals surface area contributed by atoms with Crippen molar-refractivity contribution in [3.8, 4) is 5.69 Å². The Morgan fingerprint density at radius 1 is 0.909 bits per heavy atom. The van der Waals surface area contributed by atoms with Gasteiger partial charge >= 0.3 is 0 Å². The lowest BCUT2D eigenvalue weighted by Crippen LogP contribution is -2.33. The van der Waals surface area contributed by atoms with Gasteiger partial charge in [0.25, 0.3) is 11.8 Å². The van der Waals surface area contributed by atoms with Crippen LogP contribution in [0, 0.1) is 13.8 Å². The highest BCUT2D eigenvalue weighted by Crippen LogP contribution is 2.23. The van der Waals surface area contributed by atoms with Gasteiger partial charge in [-0.15, -0.1) is 0 Å². The number of aromatic nitrogens is 1. The smallest absolute Gasteiger partial charge is 0.253 e. The molecule has 0 saturated heterocycles. The number of primary amides is 1. The quantitative estimate of drug-likeness (QED) is 0.494. The van der Waals surface area contributed by atoms with E-state index in [1.54, 1.807) is 24.3 Å². The standard InChI is InChI=1S/C26H30N4O3/c1-16(2)20-9-11-22(12-10-20)30-17(3)13-23(18(30)4)26(33)28-14-19-5-7-21(8-6-19)25(32)29-15-24(27)31/h5-13,16H,14-15H2,1-4H3,(H2,27,31)(H,28,33)(H,29,32). The minimum Gasteiger partial charge on any atom is -0.368 e. The van der Waals surface area contributed by atoms with Gasteiger partial charge in [-0.3, -0.25) is 14.4 Å². The number of nitrogens with zero attached hydrogens (tertiary/aromatic N) is 1. The van der Waals surface area contributed by atoms with Crippen LogP contribution < -0.4 is 16.4 Å². The van der Waals surface area contributed by atoms with Crippen LogP contribution in [0.5, 0.6) is 0 Å². The topological polar surface area (TPSA) is 106 Å². The van der Waals surface area contributed by atoms with Crippen molar-refractivity contribution in [3.63, 3.8) is 0 Å². The van der Waals surface area contributed by atoms with Crippen molar-refractivity contribution in [2.24, 2.45) is 5.73 Å². The van der Waals surface area contributed by atoms with Gasteiger partial charge in [0, 0.05) is 29.2 Å². The first-order valence-electron chi connectivity index (χ1n) is 10.9. The van der Waals surface area contributed by atoms with Crippen LogP contribution >= 0.6 is 0 Å². The molecule has 3 rings (SSSR count). The molecule has 2 aromatic carbocycles. The maximum absolute atomic E-state index is 12.9. The molecule has 1 aromatic heterocycles. The Hall–Kier alpha value is -3.87. The van der Waals surface area contributed by atoms with Crippen LogP contribution in [0.15, 0.2) is 54.6 Å². The fraction of sp³-hybridized carbons (Fsp3) is 0.269. The summed E-state index contributed by atoms with van der Waals surface area (Å²) in [6.07, 6.45) is 0. The second-order valence-electron chi connectivity index (χ2n) is 8.40. The summed E-state index contributed by atoms with van der Waals surface area (Å²) in [5.74, 6) is -0.671. The van der Waals surface area contributed by atoms with Crippen molar-refractivity contribution in [2.75, 3.05) is 6.54 Å². The Kier molecular flexibility index (Phi) is 7.33. The van der Waals surface area contributed by atoms with E-state index in [0.717, 1.165) is 22.6 Å². The van der Waals surface area contributed by atoms with Crippen LogP contribution in [0.1, 0.15) is 63.0 Å². The molecule has 1 heterocycles. The lowest BCUT2D eigenvalue weighted by atomic mass is 10.0. The second-order valence-corrected chi connectivity index (χ2v) is 8.40. The van der Waals surface area contributed by atoms with E-state index < -0.39 is 5.91 Å². The Morgan fingerprint density at radius 3 is 2.12 bits per heavy atom. The average Bonchev–Trinajstić information content (AvgIpc) is 3.10. The lowest BCUT2D eigenvalue weighted by Gasteiger charge is -2.12. The average molecular weight is 447 g/mol. The van der Waals surface area contributed by atoms with E-state index in [9.17, 15) is 14.4 Å². The van der Waals surface area contributed by atoms with Crippen LogP contribution in [0.4, 0.5) is 0 Å². The van der Waals surface area contributed by atoms with Crippen LogP contribution in [-0.4, -0.2) is 28.8 Å². The van der Waals surface area contributed by atoms with Gasteiger partial charge in [-0.05, 0) is 61.2 Å². The zero-order valence-corrected chi connectivity index (χ0v) is 19.4. The third kappa shape index (κ3) is 5.68. The largest absolute Gasteiger partial charge is 0.368 e. The Balaban J connectivity index is 1.67. The molecule has 7 heteroatoms. The number of rotatable bonds is 8. The second kappa shape index (κ2) is 10.2. The zero-order chi connectivity index (χ0) is 24.1. The number of aryl methyl sites for hydroxylation is 1. The molecule has 0 aliphatic rings. The molecule has 33 heavy (non-hydrogen) atoms. The molecule has 0 bridgehead atoms. The Bertz CT molecular complexity index is 1160. The Morgan fingerprint density at radius 2 is 1.55 bits per heavy atom. The van der Waals surface area contributed by atoms with Crippen molar-refractivity contribution >= 4 is 17.7 Å². The van der Waals surface area contributed by atoms with Crippen LogP contribution in [0.25, 0.3) is 5.69 Å². The molecule has 0 unspecified atom stereocenters.